The van der Waals surface area contributed by atoms with Crippen molar-refractivity contribution < 1.29 is 9.52 Å². The maximum atomic E-state index is 9.11. The van der Waals surface area contributed by atoms with Crippen LogP contribution in [-0.2, 0) is 6.54 Å². The number of halogens is 1. The van der Waals surface area contributed by atoms with Gasteiger partial charge in [0.1, 0.15) is 11.5 Å². The van der Waals surface area contributed by atoms with E-state index in [2.05, 4.69) is 5.32 Å². The molecule has 0 aliphatic rings. The standard InChI is InChI=1S/C15H18ClNO2/c1-2-13(10-18)17-9-14-6-7-15(19-14)11-4-3-5-12(16)8-11/h3-8,13,17-18H,2,9-10H2,1H3/t13-/m1/s1. The molecule has 0 fully saturated rings. The lowest BCUT2D eigenvalue weighted by molar-refractivity contribution is 0.235. The van der Waals surface area contributed by atoms with Crippen LogP contribution in [0.15, 0.2) is 40.8 Å². The summed E-state index contributed by atoms with van der Waals surface area (Å²) in [6.07, 6.45) is 0.887. The maximum Gasteiger partial charge on any atom is 0.134 e. The number of rotatable bonds is 6. The first-order valence-electron chi connectivity index (χ1n) is 6.41. The molecule has 0 spiro atoms. The van der Waals surface area contributed by atoms with Gasteiger partial charge in [0.15, 0.2) is 0 Å². The van der Waals surface area contributed by atoms with Crippen molar-refractivity contribution in [3.8, 4) is 11.3 Å². The molecule has 3 nitrogen and oxygen atoms in total. The lowest BCUT2D eigenvalue weighted by atomic mass is 10.2. The van der Waals surface area contributed by atoms with Gasteiger partial charge in [0.25, 0.3) is 0 Å². The Morgan fingerprint density at radius 3 is 2.84 bits per heavy atom. The fourth-order valence-electron chi connectivity index (χ4n) is 1.85. The second-order valence-corrected chi connectivity index (χ2v) is 4.88. The first-order chi connectivity index (χ1) is 9.22. The van der Waals surface area contributed by atoms with Gasteiger partial charge in [-0.2, -0.15) is 0 Å². The van der Waals surface area contributed by atoms with Crippen LogP contribution in [0.2, 0.25) is 5.02 Å². The van der Waals surface area contributed by atoms with Crippen molar-refractivity contribution in [2.75, 3.05) is 6.61 Å². The summed E-state index contributed by atoms with van der Waals surface area (Å²) in [6.45, 7) is 2.78. The van der Waals surface area contributed by atoms with Crippen molar-refractivity contribution in [2.24, 2.45) is 0 Å². The second kappa shape index (κ2) is 6.75. The summed E-state index contributed by atoms with van der Waals surface area (Å²) in [6, 6.07) is 11.6. The highest BCUT2D eigenvalue weighted by Gasteiger charge is 2.08. The van der Waals surface area contributed by atoms with E-state index in [1.165, 1.54) is 0 Å². The number of benzene rings is 1. The van der Waals surface area contributed by atoms with Crippen LogP contribution >= 0.6 is 11.6 Å². The van der Waals surface area contributed by atoms with Crippen molar-refractivity contribution in [1.82, 2.24) is 5.32 Å². The lowest BCUT2D eigenvalue weighted by Gasteiger charge is -2.12. The first-order valence-corrected chi connectivity index (χ1v) is 6.79. The van der Waals surface area contributed by atoms with E-state index in [0.717, 1.165) is 23.5 Å². The number of nitrogens with one attached hydrogen (secondary N) is 1. The van der Waals surface area contributed by atoms with Crippen molar-refractivity contribution in [3.63, 3.8) is 0 Å². The van der Waals surface area contributed by atoms with Crippen LogP contribution in [-0.4, -0.2) is 17.8 Å². The van der Waals surface area contributed by atoms with E-state index in [0.29, 0.717) is 11.6 Å². The molecule has 0 saturated heterocycles. The Bertz CT molecular complexity index is 520. The van der Waals surface area contributed by atoms with E-state index < -0.39 is 0 Å². The van der Waals surface area contributed by atoms with Gasteiger partial charge in [0.2, 0.25) is 0 Å². The molecule has 0 bridgehead atoms. The van der Waals surface area contributed by atoms with E-state index >= 15 is 0 Å². The zero-order valence-corrected chi connectivity index (χ0v) is 11.7. The van der Waals surface area contributed by atoms with Crippen molar-refractivity contribution in [3.05, 3.63) is 47.2 Å². The minimum atomic E-state index is 0.111. The van der Waals surface area contributed by atoms with Crippen LogP contribution in [0.1, 0.15) is 19.1 Å². The summed E-state index contributed by atoms with van der Waals surface area (Å²) in [5.41, 5.74) is 0.966. The highest BCUT2D eigenvalue weighted by molar-refractivity contribution is 6.30. The third-order valence-electron chi connectivity index (χ3n) is 3.05. The van der Waals surface area contributed by atoms with Gasteiger partial charge in [-0.3, -0.25) is 0 Å². The molecule has 0 aliphatic carbocycles. The van der Waals surface area contributed by atoms with E-state index in [1.54, 1.807) is 0 Å². The third kappa shape index (κ3) is 3.83. The molecule has 1 atom stereocenters. The Morgan fingerprint density at radius 2 is 2.16 bits per heavy atom. The van der Waals surface area contributed by atoms with E-state index in [4.69, 9.17) is 21.1 Å². The molecule has 2 aromatic rings. The van der Waals surface area contributed by atoms with E-state index in [9.17, 15) is 0 Å². The summed E-state index contributed by atoms with van der Waals surface area (Å²) in [5, 5.41) is 13.0. The Hall–Kier alpha value is -1.29. The van der Waals surface area contributed by atoms with E-state index in [1.807, 2.05) is 43.3 Å². The molecule has 1 heterocycles. The molecule has 0 radical (unpaired) electrons. The Labute approximate surface area is 118 Å². The van der Waals surface area contributed by atoms with Gasteiger partial charge in [0.05, 0.1) is 13.2 Å². The van der Waals surface area contributed by atoms with Crippen molar-refractivity contribution in [1.29, 1.82) is 0 Å². The highest BCUT2D eigenvalue weighted by atomic mass is 35.5. The average molecular weight is 280 g/mol. The fraction of sp³-hybridized carbons (Fsp3) is 0.333. The fourth-order valence-corrected chi connectivity index (χ4v) is 2.04. The zero-order chi connectivity index (χ0) is 13.7. The van der Waals surface area contributed by atoms with Crippen LogP contribution in [0.4, 0.5) is 0 Å². The molecule has 1 aromatic heterocycles. The zero-order valence-electron chi connectivity index (χ0n) is 10.9. The number of furan rings is 1. The number of hydrogen-bond donors (Lipinski definition) is 2. The van der Waals surface area contributed by atoms with Gasteiger partial charge in [-0.15, -0.1) is 0 Å². The summed E-state index contributed by atoms with van der Waals surface area (Å²) < 4.78 is 5.76. The predicted octanol–water partition coefficient (Wildman–Crippen LogP) is 3.46. The molecule has 0 saturated carbocycles. The van der Waals surface area contributed by atoms with Crippen molar-refractivity contribution >= 4 is 11.6 Å². The van der Waals surface area contributed by atoms with Crippen LogP contribution in [0.25, 0.3) is 11.3 Å². The normalized spacial score (nSPS) is 12.6. The Balaban J connectivity index is 2.03. The molecule has 19 heavy (non-hydrogen) atoms. The van der Waals surface area contributed by atoms with Gasteiger partial charge in [-0.25, -0.2) is 0 Å². The molecule has 0 unspecified atom stereocenters. The molecule has 2 N–H and O–H groups in total. The molecular formula is C15H18ClNO2. The molecule has 0 aliphatic heterocycles. The largest absolute Gasteiger partial charge is 0.460 e. The monoisotopic (exact) mass is 279 g/mol. The number of aliphatic hydroxyl groups excluding tert-OH is 1. The molecular weight excluding hydrogens is 262 g/mol. The second-order valence-electron chi connectivity index (χ2n) is 4.44. The van der Waals surface area contributed by atoms with Crippen LogP contribution in [0.5, 0.6) is 0 Å². The van der Waals surface area contributed by atoms with Crippen molar-refractivity contribution in [2.45, 2.75) is 25.9 Å². The van der Waals surface area contributed by atoms with Gasteiger partial charge in [-0.1, -0.05) is 30.7 Å². The molecule has 4 heteroatoms. The summed E-state index contributed by atoms with van der Waals surface area (Å²) in [7, 11) is 0. The van der Waals surface area contributed by atoms with Crippen LogP contribution in [0.3, 0.4) is 0 Å². The third-order valence-corrected chi connectivity index (χ3v) is 3.28. The Kier molecular flexibility index (Phi) is 5.02. The SMILES string of the molecule is CC[C@H](CO)NCc1ccc(-c2cccc(Cl)c2)o1. The number of hydrogen-bond acceptors (Lipinski definition) is 3. The quantitative estimate of drug-likeness (QED) is 0.851. The Morgan fingerprint density at radius 1 is 1.32 bits per heavy atom. The van der Waals surface area contributed by atoms with Gasteiger partial charge >= 0.3 is 0 Å². The van der Waals surface area contributed by atoms with Gasteiger partial charge in [-0.05, 0) is 30.7 Å². The summed E-state index contributed by atoms with van der Waals surface area (Å²) in [5.74, 6) is 1.65. The molecule has 102 valence electrons. The van der Waals surface area contributed by atoms with Gasteiger partial charge in [0, 0.05) is 16.6 Å². The predicted molar refractivity (Wildman–Crippen MR) is 77.2 cm³/mol. The summed E-state index contributed by atoms with van der Waals surface area (Å²) >= 11 is 5.96. The molecule has 2 rings (SSSR count). The number of aliphatic hydroxyl groups is 1. The average Bonchev–Trinajstić information content (AvgIpc) is 2.89. The maximum absolute atomic E-state index is 9.11. The highest BCUT2D eigenvalue weighted by Crippen LogP contribution is 2.24. The minimum absolute atomic E-state index is 0.111. The minimum Gasteiger partial charge on any atom is -0.460 e. The smallest absolute Gasteiger partial charge is 0.134 e. The van der Waals surface area contributed by atoms with E-state index in [-0.39, 0.29) is 12.6 Å². The molecule has 1 aromatic carbocycles. The van der Waals surface area contributed by atoms with Gasteiger partial charge < -0.3 is 14.8 Å². The first kappa shape index (κ1) is 14.1. The summed E-state index contributed by atoms with van der Waals surface area (Å²) in [4.78, 5) is 0. The van der Waals surface area contributed by atoms with Crippen LogP contribution < -0.4 is 5.32 Å². The molecule has 0 amide bonds. The topological polar surface area (TPSA) is 45.4 Å². The van der Waals surface area contributed by atoms with Crippen LogP contribution in [0, 0.1) is 0 Å². The lowest BCUT2D eigenvalue weighted by Crippen LogP contribution is -2.30.